The Morgan fingerprint density at radius 2 is 1.72 bits per heavy atom. The Kier molecular flexibility index (Phi) is 2.44. The monoisotopic (exact) mass is 244 g/mol. The van der Waals surface area contributed by atoms with Crippen LogP contribution in [-0.2, 0) is 0 Å². The van der Waals surface area contributed by atoms with Gasteiger partial charge in [-0.1, -0.05) is 25.5 Å². The third-order valence-corrected chi connectivity index (χ3v) is 4.74. The second kappa shape index (κ2) is 3.78. The molecule has 3 aliphatic rings. The molecule has 1 aromatic carbocycles. The van der Waals surface area contributed by atoms with E-state index in [1.165, 1.54) is 5.57 Å². The Morgan fingerprint density at radius 1 is 1.11 bits per heavy atom. The minimum absolute atomic E-state index is 0.261. The van der Waals surface area contributed by atoms with E-state index in [0.717, 1.165) is 17.5 Å². The first kappa shape index (κ1) is 11.6. The highest BCUT2D eigenvalue weighted by molar-refractivity contribution is 5.59. The van der Waals surface area contributed by atoms with Crippen molar-refractivity contribution >= 4 is 0 Å². The SMILES string of the molecule is CC1=CC2c3c(O)ccc(O)c3C1CC2C(C)C. The Balaban J connectivity index is 2.22. The number of allylic oxidation sites excluding steroid dienone is 2. The average molecular weight is 244 g/mol. The fourth-order valence-electron chi connectivity index (χ4n) is 3.79. The maximum Gasteiger partial charge on any atom is 0.119 e. The molecule has 1 aromatic rings. The molecule has 2 heteroatoms. The molecule has 3 atom stereocenters. The summed E-state index contributed by atoms with van der Waals surface area (Å²) in [5, 5.41) is 20.3. The van der Waals surface area contributed by atoms with Gasteiger partial charge in [0.2, 0.25) is 0 Å². The van der Waals surface area contributed by atoms with Crippen LogP contribution in [0.25, 0.3) is 0 Å². The van der Waals surface area contributed by atoms with E-state index in [1.54, 1.807) is 12.1 Å². The molecule has 2 bridgehead atoms. The molecule has 0 heterocycles. The van der Waals surface area contributed by atoms with Crippen molar-refractivity contribution in [1.82, 2.24) is 0 Å². The maximum absolute atomic E-state index is 10.1. The third kappa shape index (κ3) is 1.41. The van der Waals surface area contributed by atoms with Crippen LogP contribution in [0.4, 0.5) is 0 Å². The summed E-state index contributed by atoms with van der Waals surface area (Å²) >= 11 is 0. The van der Waals surface area contributed by atoms with Crippen molar-refractivity contribution in [2.24, 2.45) is 11.8 Å². The third-order valence-electron chi connectivity index (χ3n) is 4.74. The molecule has 0 radical (unpaired) electrons. The quantitative estimate of drug-likeness (QED) is 0.581. The van der Waals surface area contributed by atoms with E-state index in [2.05, 4.69) is 26.8 Å². The number of hydrogen-bond acceptors (Lipinski definition) is 2. The highest BCUT2D eigenvalue weighted by atomic mass is 16.3. The van der Waals surface area contributed by atoms with Crippen molar-refractivity contribution in [1.29, 1.82) is 0 Å². The molecular weight excluding hydrogens is 224 g/mol. The lowest BCUT2D eigenvalue weighted by Crippen LogP contribution is -2.31. The van der Waals surface area contributed by atoms with E-state index in [0.29, 0.717) is 23.3 Å². The topological polar surface area (TPSA) is 40.5 Å². The lowest BCUT2D eigenvalue weighted by Gasteiger charge is -2.44. The van der Waals surface area contributed by atoms with E-state index in [4.69, 9.17) is 0 Å². The summed E-state index contributed by atoms with van der Waals surface area (Å²) < 4.78 is 0. The fraction of sp³-hybridized carbons (Fsp3) is 0.500. The van der Waals surface area contributed by atoms with Gasteiger partial charge in [-0.2, -0.15) is 0 Å². The van der Waals surface area contributed by atoms with Gasteiger partial charge in [0.1, 0.15) is 11.5 Å². The number of benzene rings is 1. The van der Waals surface area contributed by atoms with Gasteiger partial charge in [0, 0.05) is 23.0 Å². The molecule has 0 amide bonds. The van der Waals surface area contributed by atoms with Crippen molar-refractivity contribution in [3.05, 3.63) is 34.9 Å². The van der Waals surface area contributed by atoms with Gasteiger partial charge < -0.3 is 10.2 Å². The second-order valence-electron chi connectivity index (χ2n) is 6.06. The van der Waals surface area contributed by atoms with Gasteiger partial charge >= 0.3 is 0 Å². The molecule has 4 rings (SSSR count). The molecule has 2 N–H and O–H groups in total. The van der Waals surface area contributed by atoms with Gasteiger partial charge in [-0.15, -0.1) is 0 Å². The van der Waals surface area contributed by atoms with Crippen LogP contribution < -0.4 is 0 Å². The molecule has 3 aliphatic carbocycles. The minimum atomic E-state index is 0.261. The standard InChI is InChI=1S/C16H20O2/c1-8(2)10-7-11-9(3)6-12(10)16-14(18)5-4-13(17)15(11)16/h4-6,8,10-12,17-18H,7H2,1-3H3. The van der Waals surface area contributed by atoms with E-state index in [1.807, 2.05) is 0 Å². The van der Waals surface area contributed by atoms with Crippen molar-refractivity contribution in [3.8, 4) is 11.5 Å². The highest BCUT2D eigenvalue weighted by Gasteiger charge is 2.42. The summed E-state index contributed by atoms with van der Waals surface area (Å²) in [5.41, 5.74) is 3.28. The zero-order valence-electron chi connectivity index (χ0n) is 11.1. The molecule has 0 saturated heterocycles. The molecule has 0 aliphatic heterocycles. The van der Waals surface area contributed by atoms with Gasteiger partial charge in [-0.25, -0.2) is 0 Å². The van der Waals surface area contributed by atoms with Crippen LogP contribution in [0.3, 0.4) is 0 Å². The van der Waals surface area contributed by atoms with E-state index >= 15 is 0 Å². The molecule has 0 saturated carbocycles. The lowest BCUT2D eigenvalue weighted by molar-refractivity contribution is 0.269. The number of fused-ring (bicyclic) bond motifs is 1. The van der Waals surface area contributed by atoms with Gasteiger partial charge in [0.25, 0.3) is 0 Å². The van der Waals surface area contributed by atoms with Crippen molar-refractivity contribution in [3.63, 3.8) is 0 Å². The first-order valence-electron chi connectivity index (χ1n) is 6.73. The first-order chi connectivity index (χ1) is 8.50. The van der Waals surface area contributed by atoms with Gasteiger partial charge in [-0.3, -0.25) is 0 Å². The van der Waals surface area contributed by atoms with Crippen LogP contribution in [0.5, 0.6) is 11.5 Å². The summed E-state index contributed by atoms with van der Waals surface area (Å²) in [6.45, 7) is 6.63. The number of aromatic hydroxyl groups is 2. The zero-order chi connectivity index (χ0) is 13.0. The summed E-state index contributed by atoms with van der Waals surface area (Å²) in [7, 11) is 0. The maximum atomic E-state index is 10.1. The molecule has 18 heavy (non-hydrogen) atoms. The number of hydrogen-bond donors (Lipinski definition) is 2. The molecule has 0 spiro atoms. The van der Waals surface area contributed by atoms with E-state index in [9.17, 15) is 10.2 Å². The second-order valence-corrected chi connectivity index (χ2v) is 6.06. The van der Waals surface area contributed by atoms with Crippen LogP contribution in [0.15, 0.2) is 23.8 Å². The van der Waals surface area contributed by atoms with Crippen LogP contribution in [-0.4, -0.2) is 10.2 Å². The predicted octanol–water partition coefficient (Wildman–Crippen LogP) is 3.90. The Labute approximate surface area is 108 Å². The normalized spacial score (nSPS) is 29.3. The molecule has 96 valence electrons. The van der Waals surface area contributed by atoms with Crippen LogP contribution in [0, 0.1) is 11.8 Å². The molecule has 0 fully saturated rings. The average Bonchev–Trinajstić information content (AvgIpc) is 2.33. The van der Waals surface area contributed by atoms with Gasteiger partial charge in [-0.05, 0) is 37.3 Å². The number of phenolic OH excluding ortho intramolecular Hbond substituents is 2. The Morgan fingerprint density at radius 3 is 2.33 bits per heavy atom. The van der Waals surface area contributed by atoms with Crippen molar-refractivity contribution in [2.75, 3.05) is 0 Å². The molecule has 0 aromatic heterocycles. The highest BCUT2D eigenvalue weighted by Crippen LogP contribution is 2.57. The van der Waals surface area contributed by atoms with E-state index in [-0.39, 0.29) is 11.8 Å². The fourth-order valence-corrected chi connectivity index (χ4v) is 3.79. The van der Waals surface area contributed by atoms with Gasteiger partial charge in [0.05, 0.1) is 0 Å². The number of rotatable bonds is 1. The van der Waals surface area contributed by atoms with Crippen LogP contribution in [0.2, 0.25) is 0 Å². The summed E-state index contributed by atoms with van der Waals surface area (Å²) in [5.74, 6) is 2.39. The summed E-state index contributed by atoms with van der Waals surface area (Å²) in [6, 6.07) is 3.24. The summed E-state index contributed by atoms with van der Waals surface area (Å²) in [6.07, 6.45) is 3.38. The summed E-state index contributed by atoms with van der Waals surface area (Å²) in [4.78, 5) is 0. The van der Waals surface area contributed by atoms with E-state index < -0.39 is 0 Å². The Bertz CT molecular complexity index is 528. The zero-order valence-corrected chi connectivity index (χ0v) is 11.1. The lowest BCUT2D eigenvalue weighted by atomic mass is 9.60. The Hall–Kier alpha value is -1.44. The largest absolute Gasteiger partial charge is 0.508 e. The first-order valence-corrected chi connectivity index (χ1v) is 6.73. The predicted molar refractivity (Wildman–Crippen MR) is 72.0 cm³/mol. The van der Waals surface area contributed by atoms with Crippen molar-refractivity contribution < 1.29 is 10.2 Å². The molecular formula is C16H20O2. The smallest absolute Gasteiger partial charge is 0.119 e. The molecule has 3 unspecified atom stereocenters. The van der Waals surface area contributed by atoms with Crippen LogP contribution >= 0.6 is 0 Å². The minimum Gasteiger partial charge on any atom is -0.508 e. The number of phenols is 2. The van der Waals surface area contributed by atoms with Crippen molar-refractivity contribution in [2.45, 2.75) is 39.0 Å². The van der Waals surface area contributed by atoms with Gasteiger partial charge in [0.15, 0.2) is 0 Å². The van der Waals surface area contributed by atoms with Crippen LogP contribution in [0.1, 0.15) is 50.2 Å². The molecule has 2 nitrogen and oxygen atoms in total.